The van der Waals surface area contributed by atoms with Gasteiger partial charge in [0.1, 0.15) is 0 Å². The van der Waals surface area contributed by atoms with E-state index < -0.39 is 0 Å². The van der Waals surface area contributed by atoms with Crippen LogP contribution in [-0.4, -0.2) is 76.0 Å². The second-order valence-electron chi connectivity index (χ2n) is 5.91. The average molecular weight is 272 g/mol. The molecule has 1 fully saturated rings. The van der Waals surface area contributed by atoms with Gasteiger partial charge in [0.15, 0.2) is 0 Å². The van der Waals surface area contributed by atoms with Crippen molar-refractivity contribution in [3.63, 3.8) is 0 Å². The zero-order valence-electron chi connectivity index (χ0n) is 13.1. The molecule has 0 N–H and O–H groups in total. The minimum Gasteiger partial charge on any atom is -0.379 e. The number of hydrogen-bond donors (Lipinski definition) is 0. The molecule has 4 nitrogen and oxygen atoms in total. The summed E-state index contributed by atoms with van der Waals surface area (Å²) >= 11 is 0. The Labute approximate surface area is 119 Å². The van der Waals surface area contributed by atoms with Crippen LogP contribution in [-0.2, 0) is 9.47 Å². The van der Waals surface area contributed by atoms with Crippen LogP contribution in [0.3, 0.4) is 0 Å². The summed E-state index contributed by atoms with van der Waals surface area (Å²) in [7, 11) is 2.18. The van der Waals surface area contributed by atoms with Crippen molar-refractivity contribution in [2.24, 2.45) is 5.92 Å². The molecular weight excluding hydrogens is 240 g/mol. The number of nitrogens with zero attached hydrogens (tertiary/aromatic N) is 2. The molecule has 114 valence electrons. The van der Waals surface area contributed by atoms with Gasteiger partial charge in [0.2, 0.25) is 0 Å². The van der Waals surface area contributed by atoms with Crippen molar-refractivity contribution < 1.29 is 9.47 Å². The first-order valence-corrected chi connectivity index (χ1v) is 7.75. The standard InChI is InChI=1S/C15H32N2O2/c1-15(2)5-4-11-18-13-14-19-12-10-17-8-6-16(3)7-9-17/h15H,4-14H2,1-3H3. The molecule has 0 aromatic rings. The normalized spacial score (nSPS) is 18.3. The van der Waals surface area contributed by atoms with E-state index in [0.29, 0.717) is 0 Å². The number of piperazine rings is 1. The van der Waals surface area contributed by atoms with Gasteiger partial charge < -0.3 is 14.4 Å². The summed E-state index contributed by atoms with van der Waals surface area (Å²) in [5.74, 6) is 0.781. The molecule has 0 aliphatic carbocycles. The van der Waals surface area contributed by atoms with Gasteiger partial charge in [0.05, 0.1) is 19.8 Å². The number of rotatable bonds is 10. The van der Waals surface area contributed by atoms with Crippen molar-refractivity contribution >= 4 is 0 Å². The Balaban J connectivity index is 1.79. The summed E-state index contributed by atoms with van der Waals surface area (Å²) in [6.45, 7) is 13.4. The molecule has 1 heterocycles. The van der Waals surface area contributed by atoms with E-state index in [1.54, 1.807) is 0 Å². The van der Waals surface area contributed by atoms with Gasteiger partial charge in [-0.25, -0.2) is 0 Å². The van der Waals surface area contributed by atoms with Gasteiger partial charge >= 0.3 is 0 Å². The van der Waals surface area contributed by atoms with Crippen molar-refractivity contribution in [3.8, 4) is 0 Å². The molecule has 1 aliphatic heterocycles. The highest BCUT2D eigenvalue weighted by molar-refractivity contribution is 4.68. The van der Waals surface area contributed by atoms with Gasteiger partial charge in [-0.15, -0.1) is 0 Å². The third kappa shape index (κ3) is 9.38. The number of hydrogen-bond acceptors (Lipinski definition) is 4. The molecule has 19 heavy (non-hydrogen) atoms. The van der Waals surface area contributed by atoms with Crippen molar-refractivity contribution in [2.45, 2.75) is 26.7 Å². The monoisotopic (exact) mass is 272 g/mol. The van der Waals surface area contributed by atoms with Gasteiger partial charge in [0.25, 0.3) is 0 Å². The largest absolute Gasteiger partial charge is 0.379 e. The molecule has 1 aliphatic rings. The predicted octanol–water partition coefficient (Wildman–Crippen LogP) is 1.70. The minimum atomic E-state index is 0.732. The highest BCUT2D eigenvalue weighted by atomic mass is 16.5. The fourth-order valence-electron chi connectivity index (χ4n) is 2.18. The van der Waals surface area contributed by atoms with Crippen molar-refractivity contribution in [2.75, 3.05) is 66.2 Å². The Hall–Kier alpha value is -0.160. The first kappa shape index (κ1) is 16.9. The Morgan fingerprint density at radius 3 is 2.16 bits per heavy atom. The highest BCUT2D eigenvalue weighted by Crippen LogP contribution is 2.03. The van der Waals surface area contributed by atoms with Gasteiger partial charge in [0, 0.05) is 39.3 Å². The molecule has 0 spiro atoms. The zero-order chi connectivity index (χ0) is 13.9. The maximum atomic E-state index is 5.61. The van der Waals surface area contributed by atoms with Crippen LogP contribution in [0.5, 0.6) is 0 Å². The van der Waals surface area contributed by atoms with E-state index in [2.05, 4.69) is 30.7 Å². The molecule has 1 rings (SSSR count). The minimum absolute atomic E-state index is 0.732. The first-order chi connectivity index (χ1) is 9.18. The Morgan fingerprint density at radius 2 is 1.53 bits per heavy atom. The van der Waals surface area contributed by atoms with Gasteiger partial charge in [-0.3, -0.25) is 4.90 Å². The second kappa shape index (κ2) is 10.6. The predicted molar refractivity (Wildman–Crippen MR) is 79.6 cm³/mol. The molecule has 0 atom stereocenters. The average Bonchev–Trinajstić information content (AvgIpc) is 2.38. The van der Waals surface area contributed by atoms with Crippen LogP contribution in [0.25, 0.3) is 0 Å². The highest BCUT2D eigenvalue weighted by Gasteiger charge is 2.12. The second-order valence-corrected chi connectivity index (χ2v) is 5.91. The molecular formula is C15H32N2O2. The van der Waals surface area contributed by atoms with Crippen LogP contribution in [0.1, 0.15) is 26.7 Å². The van der Waals surface area contributed by atoms with Gasteiger partial charge in [-0.2, -0.15) is 0 Å². The van der Waals surface area contributed by atoms with Crippen LogP contribution in [0.15, 0.2) is 0 Å². The van der Waals surface area contributed by atoms with E-state index in [9.17, 15) is 0 Å². The van der Waals surface area contributed by atoms with Crippen molar-refractivity contribution in [3.05, 3.63) is 0 Å². The third-order valence-electron chi connectivity index (χ3n) is 3.59. The summed E-state index contributed by atoms with van der Waals surface area (Å²) in [6.07, 6.45) is 2.42. The maximum absolute atomic E-state index is 5.61. The van der Waals surface area contributed by atoms with E-state index in [1.165, 1.54) is 39.0 Å². The summed E-state index contributed by atoms with van der Waals surface area (Å²) in [5, 5.41) is 0. The lowest BCUT2D eigenvalue weighted by Gasteiger charge is -2.32. The van der Waals surface area contributed by atoms with Crippen LogP contribution in [0.4, 0.5) is 0 Å². The summed E-state index contributed by atoms with van der Waals surface area (Å²) in [4.78, 5) is 4.85. The van der Waals surface area contributed by atoms with Gasteiger partial charge in [-0.1, -0.05) is 13.8 Å². The lowest BCUT2D eigenvalue weighted by atomic mass is 10.1. The summed E-state index contributed by atoms with van der Waals surface area (Å²) in [6, 6.07) is 0. The van der Waals surface area contributed by atoms with Crippen molar-refractivity contribution in [1.29, 1.82) is 0 Å². The van der Waals surface area contributed by atoms with E-state index in [1.807, 2.05) is 0 Å². The van der Waals surface area contributed by atoms with Crippen LogP contribution in [0, 0.1) is 5.92 Å². The van der Waals surface area contributed by atoms with E-state index in [-0.39, 0.29) is 0 Å². The van der Waals surface area contributed by atoms with Crippen molar-refractivity contribution in [1.82, 2.24) is 9.80 Å². The summed E-state index contributed by atoms with van der Waals surface area (Å²) in [5.41, 5.74) is 0. The fraction of sp³-hybridized carbons (Fsp3) is 1.00. The molecule has 0 bridgehead atoms. The number of ether oxygens (including phenoxy) is 2. The van der Waals surface area contributed by atoms with E-state index in [0.717, 1.165) is 38.9 Å². The van der Waals surface area contributed by atoms with Crippen LogP contribution >= 0.6 is 0 Å². The lowest BCUT2D eigenvalue weighted by molar-refractivity contribution is 0.0318. The van der Waals surface area contributed by atoms with E-state index >= 15 is 0 Å². The molecule has 0 aromatic carbocycles. The fourth-order valence-corrected chi connectivity index (χ4v) is 2.18. The van der Waals surface area contributed by atoms with E-state index in [4.69, 9.17) is 9.47 Å². The molecule has 0 amide bonds. The molecule has 0 unspecified atom stereocenters. The SMILES string of the molecule is CC(C)CCCOCCOCCN1CCN(C)CC1. The molecule has 0 aromatic heterocycles. The Kier molecular flexibility index (Phi) is 9.43. The number of likely N-dealkylation sites (N-methyl/N-ethyl adjacent to an activating group) is 1. The lowest BCUT2D eigenvalue weighted by Crippen LogP contribution is -2.45. The molecule has 0 saturated carbocycles. The Bertz CT molecular complexity index is 204. The smallest absolute Gasteiger partial charge is 0.0701 e. The van der Waals surface area contributed by atoms with Crippen LogP contribution < -0.4 is 0 Å². The third-order valence-corrected chi connectivity index (χ3v) is 3.59. The molecule has 0 radical (unpaired) electrons. The van der Waals surface area contributed by atoms with Crippen LogP contribution in [0.2, 0.25) is 0 Å². The Morgan fingerprint density at radius 1 is 0.895 bits per heavy atom. The summed E-state index contributed by atoms with van der Waals surface area (Å²) < 4.78 is 11.2. The first-order valence-electron chi connectivity index (χ1n) is 7.75. The molecule has 4 heteroatoms. The molecule has 1 saturated heterocycles. The van der Waals surface area contributed by atoms with Gasteiger partial charge in [-0.05, 0) is 25.8 Å². The maximum Gasteiger partial charge on any atom is 0.0701 e. The zero-order valence-corrected chi connectivity index (χ0v) is 13.1. The quantitative estimate of drug-likeness (QED) is 0.565. The topological polar surface area (TPSA) is 24.9 Å².